The summed E-state index contributed by atoms with van der Waals surface area (Å²) >= 11 is 0. The molecule has 0 saturated carbocycles. The van der Waals surface area contributed by atoms with E-state index in [4.69, 9.17) is 10.00 Å². The van der Waals surface area contributed by atoms with Crippen LogP contribution in [0.1, 0.15) is 26.7 Å². The number of ether oxygens (including phenoxy) is 1. The molecular weight excluding hydrogens is 202 g/mol. The Morgan fingerprint density at radius 2 is 2.12 bits per heavy atom. The number of morpholine rings is 1. The van der Waals surface area contributed by atoms with Crippen LogP contribution >= 0.6 is 0 Å². The second kappa shape index (κ2) is 7.61. The molecule has 0 radical (unpaired) electrons. The van der Waals surface area contributed by atoms with E-state index in [1.165, 1.54) is 0 Å². The van der Waals surface area contributed by atoms with E-state index in [-0.39, 0.29) is 0 Å². The predicted octanol–water partition coefficient (Wildman–Crippen LogP) is 0.989. The molecule has 2 unspecified atom stereocenters. The van der Waals surface area contributed by atoms with Gasteiger partial charge in [0, 0.05) is 31.7 Å². The highest BCUT2D eigenvalue weighted by molar-refractivity contribution is 4.82. The summed E-state index contributed by atoms with van der Waals surface area (Å²) < 4.78 is 5.32. The van der Waals surface area contributed by atoms with Crippen molar-refractivity contribution in [3.05, 3.63) is 0 Å². The van der Waals surface area contributed by atoms with Crippen molar-refractivity contribution in [2.75, 3.05) is 32.8 Å². The maximum atomic E-state index is 8.69. The normalized spacial score (nSPS) is 21.3. The number of rotatable bonds is 6. The van der Waals surface area contributed by atoms with E-state index in [0.717, 1.165) is 39.3 Å². The molecule has 0 aromatic heterocycles. The Labute approximate surface area is 98.6 Å². The molecule has 1 aliphatic rings. The van der Waals surface area contributed by atoms with E-state index in [2.05, 4.69) is 30.1 Å². The molecule has 1 aliphatic heterocycles. The average molecular weight is 225 g/mol. The van der Waals surface area contributed by atoms with E-state index >= 15 is 0 Å². The minimum atomic E-state index is 0.334. The topological polar surface area (TPSA) is 48.3 Å². The number of hydrogen-bond acceptors (Lipinski definition) is 4. The summed E-state index contributed by atoms with van der Waals surface area (Å²) in [7, 11) is 0. The summed E-state index contributed by atoms with van der Waals surface area (Å²) in [5.74, 6) is 0. The van der Waals surface area contributed by atoms with Crippen molar-refractivity contribution in [1.29, 1.82) is 5.26 Å². The van der Waals surface area contributed by atoms with Crippen LogP contribution in [0.2, 0.25) is 0 Å². The van der Waals surface area contributed by atoms with Crippen molar-refractivity contribution >= 4 is 0 Å². The maximum Gasteiger partial charge on any atom is 0.0638 e. The predicted molar refractivity (Wildman–Crippen MR) is 64.2 cm³/mol. The Morgan fingerprint density at radius 1 is 1.44 bits per heavy atom. The first kappa shape index (κ1) is 13.4. The van der Waals surface area contributed by atoms with Crippen molar-refractivity contribution in [2.24, 2.45) is 0 Å². The van der Waals surface area contributed by atoms with Gasteiger partial charge in [0.1, 0.15) is 0 Å². The number of nitrogens with one attached hydrogen (secondary N) is 1. The van der Waals surface area contributed by atoms with Gasteiger partial charge in [0.25, 0.3) is 0 Å². The van der Waals surface area contributed by atoms with Crippen LogP contribution < -0.4 is 5.32 Å². The zero-order chi connectivity index (χ0) is 11.8. The molecule has 16 heavy (non-hydrogen) atoms. The van der Waals surface area contributed by atoms with Gasteiger partial charge >= 0.3 is 0 Å². The lowest BCUT2D eigenvalue weighted by molar-refractivity contribution is 0.0338. The van der Waals surface area contributed by atoms with Crippen molar-refractivity contribution in [1.82, 2.24) is 10.2 Å². The highest BCUT2D eigenvalue weighted by atomic mass is 16.5. The fraction of sp³-hybridized carbons (Fsp3) is 0.917. The Kier molecular flexibility index (Phi) is 6.39. The maximum absolute atomic E-state index is 8.69. The fourth-order valence-electron chi connectivity index (χ4n) is 2.06. The SMILES string of the molecule is CCC(CC#N)NC(C)CN1CCOCC1. The summed E-state index contributed by atoms with van der Waals surface area (Å²) in [6.45, 7) is 9.11. The van der Waals surface area contributed by atoms with Crippen molar-refractivity contribution < 1.29 is 4.74 Å². The minimum Gasteiger partial charge on any atom is -0.379 e. The lowest BCUT2D eigenvalue weighted by Gasteiger charge is -2.30. The quantitative estimate of drug-likeness (QED) is 0.732. The number of hydrogen-bond donors (Lipinski definition) is 1. The van der Waals surface area contributed by atoms with E-state index < -0.39 is 0 Å². The summed E-state index contributed by atoms with van der Waals surface area (Å²) in [5.41, 5.74) is 0. The molecule has 0 aliphatic carbocycles. The van der Waals surface area contributed by atoms with E-state index in [1.54, 1.807) is 0 Å². The molecule has 0 aromatic rings. The third-order valence-electron chi connectivity index (χ3n) is 2.99. The monoisotopic (exact) mass is 225 g/mol. The van der Waals surface area contributed by atoms with Gasteiger partial charge < -0.3 is 10.1 Å². The first-order chi connectivity index (χ1) is 7.76. The molecule has 92 valence electrons. The van der Waals surface area contributed by atoms with Crippen molar-refractivity contribution in [3.8, 4) is 6.07 Å². The molecule has 4 heteroatoms. The molecule has 0 bridgehead atoms. The van der Waals surface area contributed by atoms with Crippen LogP contribution in [0.25, 0.3) is 0 Å². The lowest BCUT2D eigenvalue weighted by atomic mass is 10.1. The van der Waals surface area contributed by atoms with E-state index in [1.807, 2.05) is 0 Å². The van der Waals surface area contributed by atoms with Crippen LogP contribution in [-0.4, -0.2) is 49.8 Å². The molecule has 0 amide bonds. The smallest absolute Gasteiger partial charge is 0.0638 e. The minimum absolute atomic E-state index is 0.334. The fourth-order valence-corrected chi connectivity index (χ4v) is 2.06. The Morgan fingerprint density at radius 3 is 2.69 bits per heavy atom. The molecule has 4 nitrogen and oxygen atoms in total. The first-order valence-electron chi connectivity index (χ1n) is 6.19. The second-order valence-corrected chi connectivity index (χ2v) is 4.45. The van der Waals surface area contributed by atoms with Gasteiger partial charge in [-0.25, -0.2) is 0 Å². The van der Waals surface area contributed by atoms with Crippen LogP contribution in [-0.2, 0) is 4.74 Å². The van der Waals surface area contributed by atoms with Crippen LogP contribution in [0, 0.1) is 11.3 Å². The van der Waals surface area contributed by atoms with Gasteiger partial charge in [0.2, 0.25) is 0 Å². The molecular formula is C12H23N3O. The lowest BCUT2D eigenvalue weighted by Crippen LogP contribution is -2.47. The third kappa shape index (κ3) is 4.93. The summed E-state index contributed by atoms with van der Waals surface area (Å²) in [6.07, 6.45) is 1.62. The highest BCUT2D eigenvalue weighted by Gasteiger charge is 2.15. The van der Waals surface area contributed by atoms with Crippen LogP contribution in [0.15, 0.2) is 0 Å². The van der Waals surface area contributed by atoms with Crippen molar-refractivity contribution in [3.63, 3.8) is 0 Å². The standard InChI is InChI=1S/C12H23N3O/c1-3-12(4-5-13)14-11(2)10-15-6-8-16-9-7-15/h11-12,14H,3-4,6-10H2,1-2H3. The molecule has 1 N–H and O–H groups in total. The van der Waals surface area contributed by atoms with Crippen molar-refractivity contribution in [2.45, 2.75) is 38.8 Å². The van der Waals surface area contributed by atoms with Gasteiger partial charge in [-0.15, -0.1) is 0 Å². The largest absolute Gasteiger partial charge is 0.379 e. The molecule has 2 atom stereocenters. The van der Waals surface area contributed by atoms with E-state index in [0.29, 0.717) is 18.5 Å². The summed E-state index contributed by atoms with van der Waals surface area (Å²) in [4.78, 5) is 2.42. The molecule has 1 rings (SSSR count). The average Bonchev–Trinajstić information content (AvgIpc) is 2.29. The van der Waals surface area contributed by atoms with Gasteiger partial charge in [-0.1, -0.05) is 6.92 Å². The molecule has 1 saturated heterocycles. The Bertz CT molecular complexity index is 221. The highest BCUT2D eigenvalue weighted by Crippen LogP contribution is 2.02. The van der Waals surface area contributed by atoms with Gasteiger partial charge in [-0.2, -0.15) is 5.26 Å². The zero-order valence-electron chi connectivity index (χ0n) is 10.4. The van der Waals surface area contributed by atoms with Gasteiger partial charge in [0.15, 0.2) is 0 Å². The second-order valence-electron chi connectivity index (χ2n) is 4.45. The van der Waals surface area contributed by atoms with Crippen LogP contribution in [0.5, 0.6) is 0 Å². The van der Waals surface area contributed by atoms with Gasteiger partial charge in [-0.3, -0.25) is 4.90 Å². The van der Waals surface area contributed by atoms with E-state index in [9.17, 15) is 0 Å². The zero-order valence-corrected chi connectivity index (χ0v) is 10.4. The number of nitrogens with zero attached hydrogens (tertiary/aromatic N) is 2. The van der Waals surface area contributed by atoms with Crippen LogP contribution in [0.4, 0.5) is 0 Å². The molecule has 1 heterocycles. The molecule has 1 fully saturated rings. The third-order valence-corrected chi connectivity index (χ3v) is 2.99. The summed E-state index contributed by atoms with van der Waals surface area (Å²) in [6, 6.07) is 3.01. The summed E-state index contributed by atoms with van der Waals surface area (Å²) in [5, 5.41) is 12.2. The van der Waals surface area contributed by atoms with Gasteiger partial charge in [0.05, 0.1) is 25.7 Å². The molecule has 0 spiro atoms. The van der Waals surface area contributed by atoms with Gasteiger partial charge in [-0.05, 0) is 13.3 Å². The van der Waals surface area contributed by atoms with Crippen LogP contribution in [0.3, 0.4) is 0 Å². The molecule has 0 aromatic carbocycles. The first-order valence-corrected chi connectivity index (χ1v) is 6.19. The Hall–Kier alpha value is -0.630. The number of nitriles is 1. The Balaban J connectivity index is 2.22.